The van der Waals surface area contributed by atoms with E-state index in [4.69, 9.17) is 4.74 Å². The Bertz CT molecular complexity index is 552. The van der Waals surface area contributed by atoms with Gasteiger partial charge in [-0.05, 0) is 57.7 Å². The molecule has 1 amide bonds. The molecule has 6 heteroatoms. The molecule has 1 fully saturated rings. The van der Waals surface area contributed by atoms with Crippen molar-refractivity contribution in [2.24, 2.45) is 5.41 Å². The summed E-state index contributed by atoms with van der Waals surface area (Å²) < 4.78 is 19.1. The smallest absolute Gasteiger partial charge is 0.228 e. The predicted octanol–water partition coefficient (Wildman–Crippen LogP) is 1.52. The lowest BCUT2D eigenvalue weighted by Crippen LogP contribution is -2.49. The van der Waals surface area contributed by atoms with Crippen LogP contribution >= 0.6 is 0 Å². The molecule has 0 radical (unpaired) electrons. The lowest BCUT2D eigenvalue weighted by Gasteiger charge is -2.35. The number of amides is 1. The molecule has 1 aromatic rings. The van der Waals surface area contributed by atoms with E-state index in [0.717, 1.165) is 31.5 Å². The van der Waals surface area contributed by atoms with Gasteiger partial charge >= 0.3 is 0 Å². The van der Waals surface area contributed by atoms with Crippen LogP contribution in [0.1, 0.15) is 24.0 Å². The third-order valence-corrected chi connectivity index (χ3v) is 4.51. The topological polar surface area (TPSA) is 53.6 Å². The fraction of sp³-hybridized carbons (Fsp3) is 0.611. The Hall–Kier alpha value is -1.50. The summed E-state index contributed by atoms with van der Waals surface area (Å²) in [4.78, 5) is 14.6. The van der Waals surface area contributed by atoms with Crippen molar-refractivity contribution in [1.29, 1.82) is 0 Å². The van der Waals surface area contributed by atoms with Crippen molar-refractivity contribution >= 4 is 5.91 Å². The summed E-state index contributed by atoms with van der Waals surface area (Å²) in [6.07, 6.45) is 1.53. The zero-order chi connectivity index (χ0) is 17.6. The van der Waals surface area contributed by atoms with Crippen molar-refractivity contribution in [3.63, 3.8) is 0 Å². The number of hydrogen-bond acceptors (Lipinski definition) is 4. The first-order valence-electron chi connectivity index (χ1n) is 8.37. The average Bonchev–Trinajstić information content (AvgIpc) is 2.56. The lowest BCUT2D eigenvalue weighted by atomic mass is 9.78. The molecule has 0 bridgehead atoms. The van der Waals surface area contributed by atoms with Gasteiger partial charge in [-0.1, -0.05) is 6.07 Å². The molecular formula is C18H28FN3O2. The lowest BCUT2D eigenvalue weighted by molar-refractivity contribution is -0.136. The van der Waals surface area contributed by atoms with Gasteiger partial charge in [0.2, 0.25) is 5.91 Å². The van der Waals surface area contributed by atoms with Crippen LogP contribution in [0.4, 0.5) is 4.39 Å². The molecular weight excluding hydrogens is 309 g/mol. The van der Waals surface area contributed by atoms with Crippen molar-refractivity contribution in [2.45, 2.75) is 25.9 Å². The second-order valence-corrected chi connectivity index (χ2v) is 6.81. The maximum absolute atomic E-state index is 13.8. The van der Waals surface area contributed by atoms with Crippen molar-refractivity contribution in [1.82, 2.24) is 15.5 Å². The van der Waals surface area contributed by atoms with Gasteiger partial charge in [0.05, 0.1) is 12.0 Å². The minimum atomic E-state index is -0.466. The molecule has 1 heterocycles. The van der Waals surface area contributed by atoms with Crippen LogP contribution < -0.4 is 10.6 Å². The normalized spacial score (nSPS) is 17.0. The van der Waals surface area contributed by atoms with Crippen molar-refractivity contribution in [2.75, 3.05) is 40.9 Å². The van der Waals surface area contributed by atoms with E-state index in [-0.39, 0.29) is 11.7 Å². The number of nitrogens with one attached hydrogen (secondary N) is 2. The minimum absolute atomic E-state index is 0.0179. The number of ether oxygens (including phenoxy) is 1. The number of carbonyl (C=O) groups is 1. The summed E-state index contributed by atoms with van der Waals surface area (Å²) in [5.41, 5.74) is 1.08. The highest BCUT2D eigenvalue weighted by atomic mass is 19.1. The summed E-state index contributed by atoms with van der Waals surface area (Å²) in [5.74, 6) is -0.197. The fourth-order valence-corrected chi connectivity index (χ4v) is 3.19. The summed E-state index contributed by atoms with van der Waals surface area (Å²) in [5, 5.41) is 6.29. The van der Waals surface area contributed by atoms with Crippen LogP contribution in [-0.2, 0) is 22.6 Å². The van der Waals surface area contributed by atoms with Crippen LogP contribution in [0.5, 0.6) is 0 Å². The van der Waals surface area contributed by atoms with E-state index in [2.05, 4.69) is 10.6 Å². The van der Waals surface area contributed by atoms with E-state index >= 15 is 0 Å². The van der Waals surface area contributed by atoms with Crippen LogP contribution in [0.15, 0.2) is 18.2 Å². The van der Waals surface area contributed by atoms with Crippen LogP contribution in [0.3, 0.4) is 0 Å². The van der Waals surface area contributed by atoms with Crippen molar-refractivity contribution in [3.8, 4) is 0 Å². The molecule has 24 heavy (non-hydrogen) atoms. The highest BCUT2D eigenvalue weighted by Crippen LogP contribution is 2.29. The number of halogens is 1. The standard InChI is InChI=1S/C18H28FN3O2/c1-22(2)12-15-10-14(4-5-16(15)19)11-21-17(23)18(13-24-3)6-8-20-9-7-18/h4-5,10,20H,6-9,11-13H2,1-3H3,(H,21,23). The molecule has 134 valence electrons. The van der Waals surface area contributed by atoms with Crippen LogP contribution in [-0.4, -0.2) is 51.7 Å². The predicted molar refractivity (Wildman–Crippen MR) is 92.1 cm³/mol. The van der Waals surface area contributed by atoms with Crippen LogP contribution in [0, 0.1) is 11.2 Å². The van der Waals surface area contributed by atoms with E-state index in [1.165, 1.54) is 6.07 Å². The Morgan fingerprint density at radius 1 is 1.38 bits per heavy atom. The highest BCUT2D eigenvalue weighted by molar-refractivity contribution is 5.83. The Kier molecular flexibility index (Phi) is 6.71. The van der Waals surface area contributed by atoms with E-state index in [1.54, 1.807) is 13.2 Å². The first-order chi connectivity index (χ1) is 11.5. The van der Waals surface area contributed by atoms with Gasteiger partial charge in [-0.2, -0.15) is 0 Å². The van der Waals surface area contributed by atoms with Crippen molar-refractivity contribution < 1.29 is 13.9 Å². The van der Waals surface area contributed by atoms with Gasteiger partial charge in [0, 0.05) is 25.8 Å². The minimum Gasteiger partial charge on any atom is -0.384 e. The number of hydrogen-bond donors (Lipinski definition) is 2. The Labute approximate surface area is 143 Å². The second kappa shape index (κ2) is 8.55. The third kappa shape index (κ3) is 4.75. The maximum Gasteiger partial charge on any atom is 0.228 e. The van der Waals surface area contributed by atoms with Crippen LogP contribution in [0.2, 0.25) is 0 Å². The molecule has 0 atom stereocenters. The fourth-order valence-electron chi connectivity index (χ4n) is 3.19. The monoisotopic (exact) mass is 337 g/mol. The summed E-state index contributed by atoms with van der Waals surface area (Å²) in [7, 11) is 5.43. The molecule has 1 aromatic carbocycles. The molecule has 0 saturated carbocycles. The van der Waals surface area contributed by atoms with Gasteiger partial charge in [-0.3, -0.25) is 4.79 Å². The SMILES string of the molecule is COCC1(C(=O)NCc2ccc(F)c(CN(C)C)c2)CCNCC1. The molecule has 2 N–H and O–H groups in total. The molecule has 0 spiro atoms. The third-order valence-electron chi connectivity index (χ3n) is 4.51. The van der Waals surface area contributed by atoms with E-state index in [9.17, 15) is 9.18 Å². The average molecular weight is 337 g/mol. The highest BCUT2D eigenvalue weighted by Gasteiger charge is 2.39. The number of benzene rings is 1. The summed E-state index contributed by atoms with van der Waals surface area (Å²) >= 11 is 0. The van der Waals surface area contributed by atoms with Gasteiger partial charge in [-0.25, -0.2) is 4.39 Å². The number of methoxy groups -OCH3 is 1. The molecule has 2 rings (SSSR count). The van der Waals surface area contributed by atoms with Gasteiger partial charge in [0.1, 0.15) is 5.82 Å². The number of carbonyl (C=O) groups excluding carboxylic acids is 1. The second-order valence-electron chi connectivity index (χ2n) is 6.81. The number of piperidine rings is 1. The molecule has 5 nitrogen and oxygen atoms in total. The first-order valence-corrected chi connectivity index (χ1v) is 8.37. The van der Waals surface area contributed by atoms with Gasteiger partial charge in [0.25, 0.3) is 0 Å². The van der Waals surface area contributed by atoms with Gasteiger partial charge in [-0.15, -0.1) is 0 Å². The molecule has 0 aliphatic carbocycles. The zero-order valence-corrected chi connectivity index (χ0v) is 14.8. The number of nitrogens with zero attached hydrogens (tertiary/aromatic N) is 1. The van der Waals surface area contributed by atoms with Gasteiger partial charge in [0.15, 0.2) is 0 Å². The summed E-state index contributed by atoms with van der Waals surface area (Å²) in [6.45, 7) is 3.00. The van der Waals surface area contributed by atoms with E-state index in [1.807, 2.05) is 25.1 Å². The molecule has 1 aliphatic rings. The largest absolute Gasteiger partial charge is 0.384 e. The van der Waals surface area contributed by atoms with E-state index < -0.39 is 5.41 Å². The molecule has 0 aromatic heterocycles. The summed E-state index contributed by atoms with van der Waals surface area (Å²) in [6, 6.07) is 5.01. The first kappa shape index (κ1) is 18.8. The molecule has 1 aliphatic heterocycles. The Morgan fingerprint density at radius 2 is 2.08 bits per heavy atom. The Morgan fingerprint density at radius 3 is 2.71 bits per heavy atom. The maximum atomic E-state index is 13.8. The zero-order valence-electron chi connectivity index (χ0n) is 14.8. The quantitative estimate of drug-likeness (QED) is 0.792. The van der Waals surface area contributed by atoms with Gasteiger partial charge < -0.3 is 20.3 Å². The molecule has 0 unspecified atom stereocenters. The van der Waals surface area contributed by atoms with Crippen molar-refractivity contribution in [3.05, 3.63) is 35.1 Å². The number of rotatable bonds is 7. The van der Waals surface area contributed by atoms with E-state index in [0.29, 0.717) is 25.3 Å². The van der Waals surface area contributed by atoms with Crippen LogP contribution in [0.25, 0.3) is 0 Å². The Balaban J connectivity index is 2.02. The molecule has 1 saturated heterocycles.